The minimum atomic E-state index is -0.697. The lowest BCUT2D eigenvalue weighted by Crippen LogP contribution is -2.35. The summed E-state index contributed by atoms with van der Waals surface area (Å²) < 4.78 is 19.5. The molecule has 0 aliphatic heterocycles. The lowest BCUT2D eigenvalue weighted by Gasteiger charge is -2.24. The summed E-state index contributed by atoms with van der Waals surface area (Å²) in [6.45, 7) is 6.73. The van der Waals surface area contributed by atoms with Gasteiger partial charge in [0.1, 0.15) is 11.4 Å². The number of carbonyl (C=O) groups excluding carboxylic acids is 2. The molecule has 1 aromatic carbocycles. The number of nitrogens with zero attached hydrogens (tertiary/aromatic N) is 2. The second-order valence-electron chi connectivity index (χ2n) is 8.47. The molecule has 2 heterocycles. The van der Waals surface area contributed by atoms with Crippen molar-refractivity contribution in [3.05, 3.63) is 59.7 Å². The third kappa shape index (κ3) is 5.81. The average molecular weight is 455 g/mol. The molecule has 2 amide bonds. The number of amides is 2. The number of ether oxygens (including phenoxy) is 1. The van der Waals surface area contributed by atoms with E-state index in [0.717, 1.165) is 0 Å². The Bertz CT molecular complexity index is 1160. The highest BCUT2D eigenvalue weighted by Gasteiger charge is 2.27. The molecule has 0 saturated heterocycles. The molecule has 1 atom stereocenters. The van der Waals surface area contributed by atoms with E-state index in [-0.39, 0.29) is 18.7 Å². The van der Waals surface area contributed by atoms with Crippen LogP contribution in [0.2, 0.25) is 0 Å². The first-order valence-electron chi connectivity index (χ1n) is 10.5. The van der Waals surface area contributed by atoms with Crippen molar-refractivity contribution in [2.75, 3.05) is 13.2 Å². The fourth-order valence-electron chi connectivity index (χ4n) is 3.38. The van der Waals surface area contributed by atoms with E-state index in [1.165, 1.54) is 18.2 Å². The molecule has 8 nitrogen and oxygen atoms in total. The maximum absolute atomic E-state index is 14.2. The maximum atomic E-state index is 14.2. The van der Waals surface area contributed by atoms with Crippen molar-refractivity contribution in [2.45, 2.75) is 39.3 Å². The summed E-state index contributed by atoms with van der Waals surface area (Å²) in [6.07, 6.45) is 0.922. The van der Waals surface area contributed by atoms with Gasteiger partial charge in [0.2, 0.25) is 0 Å². The second kappa shape index (κ2) is 9.91. The number of carbonyl (C=O) groups is 2. The summed E-state index contributed by atoms with van der Waals surface area (Å²) in [4.78, 5) is 34.7. The number of rotatable bonds is 6. The Hall–Kier alpha value is -3.59. The fourth-order valence-corrected chi connectivity index (χ4v) is 3.38. The van der Waals surface area contributed by atoms with Crippen molar-refractivity contribution >= 4 is 22.9 Å². The molecule has 3 N–H and O–H groups in total. The minimum Gasteiger partial charge on any atom is -0.444 e. The predicted molar refractivity (Wildman–Crippen MR) is 122 cm³/mol. The summed E-state index contributed by atoms with van der Waals surface area (Å²) in [6, 6.07) is 8.47. The van der Waals surface area contributed by atoms with Gasteiger partial charge < -0.3 is 20.5 Å². The Morgan fingerprint density at radius 2 is 1.97 bits per heavy atom. The van der Waals surface area contributed by atoms with Crippen LogP contribution in [0.3, 0.4) is 0 Å². The summed E-state index contributed by atoms with van der Waals surface area (Å²) >= 11 is 0. The van der Waals surface area contributed by atoms with Gasteiger partial charge in [-0.05, 0) is 58.0 Å². The summed E-state index contributed by atoms with van der Waals surface area (Å²) in [5.74, 6) is -1.05. The van der Waals surface area contributed by atoms with E-state index in [4.69, 9.17) is 4.74 Å². The van der Waals surface area contributed by atoms with E-state index < -0.39 is 29.5 Å². The third-order valence-electron chi connectivity index (χ3n) is 4.66. The van der Waals surface area contributed by atoms with E-state index in [0.29, 0.717) is 27.9 Å². The molecule has 0 saturated carbocycles. The van der Waals surface area contributed by atoms with E-state index >= 15 is 0 Å². The molecule has 174 valence electrons. The lowest BCUT2D eigenvalue weighted by molar-refractivity contribution is 0.0507. The molecule has 0 radical (unpaired) electrons. The van der Waals surface area contributed by atoms with Crippen LogP contribution in [0.15, 0.2) is 42.6 Å². The van der Waals surface area contributed by atoms with Gasteiger partial charge in [0.15, 0.2) is 0 Å². The fraction of sp³-hybridized carbons (Fsp3) is 0.333. The van der Waals surface area contributed by atoms with Crippen LogP contribution in [0, 0.1) is 5.82 Å². The molecular formula is C24H27FN4O4. The van der Waals surface area contributed by atoms with Gasteiger partial charge in [-0.1, -0.05) is 6.07 Å². The van der Waals surface area contributed by atoms with Crippen LogP contribution >= 0.6 is 0 Å². The van der Waals surface area contributed by atoms with Crippen molar-refractivity contribution in [1.29, 1.82) is 0 Å². The Balaban J connectivity index is 2.24. The topological polar surface area (TPSA) is 113 Å². The predicted octanol–water partition coefficient (Wildman–Crippen LogP) is 3.74. The molecule has 0 spiro atoms. The van der Waals surface area contributed by atoms with Gasteiger partial charge in [-0.15, -0.1) is 0 Å². The Kier molecular flexibility index (Phi) is 7.23. The lowest BCUT2D eigenvalue weighted by atomic mass is 9.94. The van der Waals surface area contributed by atoms with Crippen LogP contribution < -0.4 is 10.6 Å². The zero-order valence-corrected chi connectivity index (χ0v) is 19.0. The van der Waals surface area contributed by atoms with Crippen LogP contribution in [-0.4, -0.2) is 45.8 Å². The number of aliphatic hydroxyl groups is 1. The smallest absolute Gasteiger partial charge is 0.408 e. The van der Waals surface area contributed by atoms with Crippen molar-refractivity contribution in [2.24, 2.45) is 0 Å². The van der Waals surface area contributed by atoms with Gasteiger partial charge in [-0.2, -0.15) is 0 Å². The van der Waals surface area contributed by atoms with E-state index in [2.05, 4.69) is 20.6 Å². The Labute approximate surface area is 191 Å². The quantitative estimate of drug-likeness (QED) is 0.523. The van der Waals surface area contributed by atoms with Crippen molar-refractivity contribution in [1.82, 2.24) is 20.6 Å². The van der Waals surface area contributed by atoms with Crippen molar-refractivity contribution < 1.29 is 23.8 Å². The number of aromatic nitrogens is 2. The highest BCUT2D eigenvalue weighted by Crippen LogP contribution is 2.34. The van der Waals surface area contributed by atoms with Crippen LogP contribution in [0.25, 0.3) is 22.2 Å². The van der Waals surface area contributed by atoms with Gasteiger partial charge in [-0.25, -0.2) is 14.2 Å². The average Bonchev–Trinajstić information content (AvgIpc) is 2.75. The Morgan fingerprint density at radius 1 is 1.21 bits per heavy atom. The van der Waals surface area contributed by atoms with Crippen LogP contribution in [0.5, 0.6) is 0 Å². The standard InChI is InChI=1S/C24H27FN4O4/c1-14(28-23(32)33-24(2,3)4)21-20(18-7-5-6-10-26-18)19(22(31)27-11-12-30)16-13-15(25)8-9-17(16)29-21/h5-10,13-14,30H,11-12H2,1-4H3,(H,27,31)(H,28,32)/t14-/m0/s1. The number of pyridine rings is 2. The number of hydrogen-bond acceptors (Lipinski definition) is 6. The zero-order chi connectivity index (χ0) is 24.2. The monoisotopic (exact) mass is 454 g/mol. The second-order valence-corrected chi connectivity index (χ2v) is 8.47. The number of halogens is 1. The van der Waals surface area contributed by atoms with Gasteiger partial charge in [0.25, 0.3) is 5.91 Å². The van der Waals surface area contributed by atoms with Crippen LogP contribution in [0.1, 0.15) is 49.8 Å². The minimum absolute atomic E-state index is 0.0146. The molecule has 0 unspecified atom stereocenters. The molecule has 0 aliphatic carbocycles. The summed E-state index contributed by atoms with van der Waals surface area (Å²) in [5.41, 5.74) is 0.980. The number of benzene rings is 1. The van der Waals surface area contributed by atoms with Gasteiger partial charge in [-0.3, -0.25) is 9.78 Å². The molecule has 3 rings (SSSR count). The highest BCUT2D eigenvalue weighted by molar-refractivity contribution is 6.11. The maximum Gasteiger partial charge on any atom is 0.408 e. The molecule has 33 heavy (non-hydrogen) atoms. The zero-order valence-electron chi connectivity index (χ0n) is 19.0. The molecule has 3 aromatic rings. The summed E-state index contributed by atoms with van der Waals surface area (Å²) in [7, 11) is 0. The van der Waals surface area contributed by atoms with Gasteiger partial charge in [0, 0.05) is 23.7 Å². The Morgan fingerprint density at radius 3 is 2.61 bits per heavy atom. The molecule has 0 bridgehead atoms. The first kappa shape index (κ1) is 24.1. The third-order valence-corrected chi connectivity index (χ3v) is 4.66. The van der Waals surface area contributed by atoms with Crippen molar-refractivity contribution in [3.63, 3.8) is 0 Å². The molecule has 2 aromatic heterocycles. The first-order chi connectivity index (χ1) is 15.6. The first-order valence-corrected chi connectivity index (χ1v) is 10.5. The number of fused-ring (bicyclic) bond motifs is 1. The number of aliphatic hydroxyl groups excluding tert-OH is 1. The highest BCUT2D eigenvalue weighted by atomic mass is 19.1. The molecule has 0 fully saturated rings. The van der Waals surface area contributed by atoms with E-state index in [9.17, 15) is 19.1 Å². The van der Waals surface area contributed by atoms with Gasteiger partial charge >= 0.3 is 6.09 Å². The van der Waals surface area contributed by atoms with Crippen LogP contribution in [-0.2, 0) is 4.74 Å². The molecular weight excluding hydrogens is 427 g/mol. The molecule has 9 heteroatoms. The van der Waals surface area contributed by atoms with Gasteiger partial charge in [0.05, 0.1) is 35.1 Å². The van der Waals surface area contributed by atoms with E-state index in [1.807, 2.05) is 0 Å². The largest absolute Gasteiger partial charge is 0.444 e. The molecule has 0 aliphatic rings. The number of alkyl carbamates (subject to hydrolysis) is 1. The number of nitrogens with one attached hydrogen (secondary N) is 2. The van der Waals surface area contributed by atoms with Crippen LogP contribution in [0.4, 0.5) is 9.18 Å². The van der Waals surface area contributed by atoms with E-state index in [1.54, 1.807) is 52.1 Å². The normalized spacial score (nSPS) is 12.3. The SMILES string of the molecule is C[C@H](NC(=O)OC(C)(C)C)c1nc2ccc(F)cc2c(C(=O)NCCO)c1-c1ccccn1. The summed E-state index contributed by atoms with van der Waals surface area (Å²) in [5, 5.41) is 14.9. The van der Waals surface area contributed by atoms with Crippen molar-refractivity contribution in [3.8, 4) is 11.3 Å². The number of hydrogen-bond donors (Lipinski definition) is 3.